The van der Waals surface area contributed by atoms with Crippen molar-refractivity contribution in [1.82, 2.24) is 14.9 Å². The molecule has 2 atom stereocenters. The number of aromatic amines is 1. The number of hydrogen-bond donors (Lipinski definition) is 1. The van der Waals surface area contributed by atoms with Gasteiger partial charge in [0.2, 0.25) is 0 Å². The van der Waals surface area contributed by atoms with E-state index in [4.69, 9.17) is 9.47 Å². The van der Waals surface area contributed by atoms with Crippen LogP contribution in [0.5, 0.6) is 0 Å². The van der Waals surface area contributed by atoms with Crippen LogP contribution in [0.15, 0.2) is 48.3 Å². The van der Waals surface area contributed by atoms with E-state index in [-0.39, 0.29) is 17.4 Å². The average molecular weight is 393 g/mol. The van der Waals surface area contributed by atoms with E-state index in [1.165, 1.54) is 5.57 Å². The predicted molar refractivity (Wildman–Crippen MR) is 109 cm³/mol. The molecule has 1 N–H and O–H groups in total. The maximum Gasteiger partial charge on any atom is 0.254 e. The number of rotatable bonds is 3. The number of carbonyl (C=O) groups excluding carboxylic acids is 1. The molecule has 6 nitrogen and oxygen atoms in total. The fourth-order valence-corrected chi connectivity index (χ4v) is 5.37. The number of ether oxygens (including phenoxy) is 2. The number of benzene rings is 1. The third-order valence-electron chi connectivity index (χ3n) is 6.71. The molecule has 2 fully saturated rings. The summed E-state index contributed by atoms with van der Waals surface area (Å²) in [6.45, 7) is 3.63. The maximum atomic E-state index is 13.8. The van der Waals surface area contributed by atoms with Gasteiger partial charge in [0.25, 0.3) is 5.91 Å². The summed E-state index contributed by atoms with van der Waals surface area (Å²) < 4.78 is 11.5. The van der Waals surface area contributed by atoms with E-state index in [1.807, 2.05) is 24.3 Å². The molecule has 0 spiro atoms. The number of fused-ring (bicyclic) bond motifs is 1. The van der Waals surface area contributed by atoms with Gasteiger partial charge in [0.15, 0.2) is 0 Å². The quantitative estimate of drug-likeness (QED) is 0.812. The second-order valence-corrected chi connectivity index (χ2v) is 8.15. The van der Waals surface area contributed by atoms with Gasteiger partial charge in [-0.05, 0) is 31.7 Å². The first-order valence-electron chi connectivity index (χ1n) is 10.5. The lowest BCUT2D eigenvalue weighted by Gasteiger charge is -2.54. The lowest BCUT2D eigenvalue weighted by atomic mass is 9.65. The third-order valence-corrected chi connectivity index (χ3v) is 6.71. The number of nitrogens with one attached hydrogen (secondary N) is 1. The van der Waals surface area contributed by atoms with Crippen molar-refractivity contribution >= 4 is 5.91 Å². The third kappa shape index (κ3) is 3.20. The number of hydrogen-bond acceptors (Lipinski definition) is 4. The van der Waals surface area contributed by atoms with Crippen LogP contribution in [0.3, 0.4) is 0 Å². The number of carbonyl (C=O) groups is 1. The van der Waals surface area contributed by atoms with Crippen molar-refractivity contribution in [2.24, 2.45) is 5.41 Å². The van der Waals surface area contributed by atoms with Crippen LogP contribution >= 0.6 is 0 Å². The maximum absolute atomic E-state index is 13.8. The highest BCUT2D eigenvalue weighted by molar-refractivity contribution is 6.00. The Morgan fingerprint density at radius 1 is 1.24 bits per heavy atom. The van der Waals surface area contributed by atoms with E-state index in [1.54, 1.807) is 12.4 Å². The van der Waals surface area contributed by atoms with Crippen LogP contribution in [0.4, 0.5) is 0 Å². The molecule has 2 saturated heterocycles. The van der Waals surface area contributed by atoms with E-state index in [9.17, 15) is 4.79 Å². The van der Waals surface area contributed by atoms with Crippen molar-refractivity contribution in [3.05, 3.63) is 53.9 Å². The van der Waals surface area contributed by atoms with Crippen molar-refractivity contribution < 1.29 is 14.3 Å². The molecule has 1 aromatic heterocycles. The standard InChI is InChI=1S/C23H27N3O3/c27-22(19-5-2-1-4-18(19)21-24-10-11-25-21)26-12-3-9-23(16-29-15-8-20(23)26)17-6-13-28-14-7-17/h1-2,4-6,10-11,20H,3,7-9,12-16H2,(H,24,25)/t20?,23-/m0/s1. The molecule has 0 aliphatic carbocycles. The first-order valence-corrected chi connectivity index (χ1v) is 10.5. The van der Waals surface area contributed by atoms with Crippen molar-refractivity contribution in [2.45, 2.75) is 31.7 Å². The summed E-state index contributed by atoms with van der Waals surface area (Å²) in [6.07, 6.45) is 9.63. The molecule has 29 heavy (non-hydrogen) atoms. The summed E-state index contributed by atoms with van der Waals surface area (Å²) in [5.41, 5.74) is 2.92. The van der Waals surface area contributed by atoms with Gasteiger partial charge in [0.05, 0.1) is 25.4 Å². The summed E-state index contributed by atoms with van der Waals surface area (Å²) in [5, 5.41) is 0. The number of amides is 1. The van der Waals surface area contributed by atoms with Gasteiger partial charge < -0.3 is 19.4 Å². The summed E-state index contributed by atoms with van der Waals surface area (Å²) in [7, 11) is 0. The minimum Gasteiger partial charge on any atom is -0.380 e. The van der Waals surface area contributed by atoms with Gasteiger partial charge in [-0.3, -0.25) is 4.79 Å². The molecule has 1 unspecified atom stereocenters. The first kappa shape index (κ1) is 18.6. The molecule has 0 saturated carbocycles. The summed E-state index contributed by atoms with van der Waals surface area (Å²) in [4.78, 5) is 23.4. The van der Waals surface area contributed by atoms with E-state index in [0.29, 0.717) is 25.4 Å². The lowest BCUT2D eigenvalue weighted by Crippen LogP contribution is -2.59. The van der Waals surface area contributed by atoms with Crippen molar-refractivity contribution in [3.8, 4) is 11.4 Å². The van der Waals surface area contributed by atoms with E-state index in [2.05, 4.69) is 20.9 Å². The van der Waals surface area contributed by atoms with Gasteiger partial charge >= 0.3 is 0 Å². The van der Waals surface area contributed by atoms with Crippen molar-refractivity contribution in [1.29, 1.82) is 0 Å². The Morgan fingerprint density at radius 3 is 3.00 bits per heavy atom. The monoisotopic (exact) mass is 393 g/mol. The highest BCUT2D eigenvalue weighted by Crippen LogP contribution is 2.48. The minimum atomic E-state index is -0.0738. The molecular weight excluding hydrogens is 366 g/mol. The van der Waals surface area contributed by atoms with E-state index >= 15 is 0 Å². The van der Waals surface area contributed by atoms with Crippen LogP contribution < -0.4 is 0 Å². The number of likely N-dealkylation sites (tertiary alicyclic amines) is 1. The van der Waals surface area contributed by atoms with Crippen LogP contribution in [-0.2, 0) is 9.47 Å². The van der Waals surface area contributed by atoms with Crippen LogP contribution in [0, 0.1) is 5.41 Å². The van der Waals surface area contributed by atoms with Gasteiger partial charge in [-0.15, -0.1) is 0 Å². The minimum absolute atomic E-state index is 0.0738. The Kier molecular flexibility index (Phi) is 4.97. The van der Waals surface area contributed by atoms with Gasteiger partial charge in [-0.2, -0.15) is 0 Å². The average Bonchev–Trinajstić information content (AvgIpc) is 3.33. The summed E-state index contributed by atoms with van der Waals surface area (Å²) in [5.74, 6) is 0.831. The fourth-order valence-electron chi connectivity index (χ4n) is 5.37. The second kappa shape index (κ2) is 7.76. The molecule has 4 heterocycles. The molecular formula is C23H27N3O3. The Labute approximate surface area is 170 Å². The summed E-state index contributed by atoms with van der Waals surface area (Å²) in [6, 6.07) is 7.95. The summed E-state index contributed by atoms with van der Waals surface area (Å²) >= 11 is 0. The lowest BCUT2D eigenvalue weighted by molar-refractivity contribution is -0.0738. The molecule has 3 aliphatic heterocycles. The molecule has 1 amide bonds. The Balaban J connectivity index is 1.51. The Bertz CT molecular complexity index is 904. The number of H-pyrrole nitrogens is 1. The molecule has 0 radical (unpaired) electrons. The molecule has 6 heteroatoms. The largest absolute Gasteiger partial charge is 0.380 e. The fraction of sp³-hybridized carbons (Fsp3) is 0.478. The van der Waals surface area contributed by atoms with Crippen LogP contribution in [0.2, 0.25) is 0 Å². The van der Waals surface area contributed by atoms with Crippen LogP contribution in [0.25, 0.3) is 11.4 Å². The van der Waals surface area contributed by atoms with Gasteiger partial charge in [0, 0.05) is 42.6 Å². The number of piperidine rings is 1. The van der Waals surface area contributed by atoms with E-state index < -0.39 is 0 Å². The smallest absolute Gasteiger partial charge is 0.254 e. The zero-order chi connectivity index (χ0) is 19.7. The van der Waals surface area contributed by atoms with Crippen molar-refractivity contribution in [3.63, 3.8) is 0 Å². The topological polar surface area (TPSA) is 67.5 Å². The zero-order valence-electron chi connectivity index (χ0n) is 16.6. The molecule has 152 valence electrons. The predicted octanol–water partition coefficient (Wildman–Crippen LogP) is 3.43. The Hall–Kier alpha value is -2.44. The first-order chi connectivity index (χ1) is 14.3. The highest BCUT2D eigenvalue weighted by Gasteiger charge is 2.50. The number of nitrogens with zero attached hydrogens (tertiary/aromatic N) is 2. The second-order valence-electron chi connectivity index (χ2n) is 8.15. The molecule has 0 bridgehead atoms. The van der Waals surface area contributed by atoms with E-state index in [0.717, 1.165) is 50.2 Å². The zero-order valence-corrected chi connectivity index (χ0v) is 16.6. The molecule has 1 aromatic carbocycles. The molecule has 2 aromatic rings. The van der Waals surface area contributed by atoms with Crippen LogP contribution in [0.1, 0.15) is 36.0 Å². The number of aromatic nitrogens is 2. The Morgan fingerprint density at radius 2 is 2.17 bits per heavy atom. The molecule has 3 aliphatic rings. The van der Waals surface area contributed by atoms with Crippen LogP contribution in [-0.4, -0.2) is 59.8 Å². The van der Waals surface area contributed by atoms with Gasteiger partial charge in [0.1, 0.15) is 5.82 Å². The highest BCUT2D eigenvalue weighted by atomic mass is 16.5. The normalized spacial score (nSPS) is 27.2. The molecule has 5 rings (SSSR count). The van der Waals surface area contributed by atoms with Crippen molar-refractivity contribution in [2.75, 3.05) is 33.0 Å². The van der Waals surface area contributed by atoms with Gasteiger partial charge in [-0.1, -0.05) is 29.8 Å². The SMILES string of the molecule is O=C(c1ccccc1-c1ncc[nH]1)N1CCC[C@@]2(C3=CCOCC3)COCCC12. The number of imidazole rings is 1. The van der Waals surface area contributed by atoms with Gasteiger partial charge in [-0.25, -0.2) is 4.98 Å².